The Morgan fingerprint density at radius 3 is 2.36 bits per heavy atom. The molecule has 0 amide bonds. The molecular weight excluding hydrogens is 438 g/mol. The summed E-state index contributed by atoms with van der Waals surface area (Å²) in [4.78, 5) is 13.0. The Balaban J connectivity index is 1.81. The van der Waals surface area contributed by atoms with E-state index >= 15 is 0 Å². The maximum Gasteiger partial charge on any atom is 0.342 e. The molecule has 172 valence electrons. The number of carbonyl (C=O) groups is 1. The van der Waals surface area contributed by atoms with Crippen molar-refractivity contribution >= 4 is 43.4 Å². The topological polar surface area (TPSA) is 85.6 Å². The van der Waals surface area contributed by atoms with Gasteiger partial charge in [0.25, 0.3) is 10.0 Å². The number of ether oxygens (including phenoxy) is 1. The van der Waals surface area contributed by atoms with Crippen LogP contribution in [0.1, 0.15) is 47.9 Å². The van der Waals surface area contributed by atoms with Gasteiger partial charge >= 0.3 is 5.97 Å². The zero-order valence-electron chi connectivity index (χ0n) is 19.0. The Bertz CT molecular complexity index is 1420. The Labute approximate surface area is 193 Å². The lowest BCUT2D eigenvalue weighted by Crippen LogP contribution is -2.13. The van der Waals surface area contributed by atoms with Crippen molar-refractivity contribution < 1.29 is 22.4 Å². The zero-order chi connectivity index (χ0) is 23.6. The van der Waals surface area contributed by atoms with E-state index < -0.39 is 16.0 Å². The molecule has 3 aromatic carbocycles. The van der Waals surface area contributed by atoms with E-state index in [-0.39, 0.29) is 4.90 Å². The molecule has 0 saturated carbocycles. The van der Waals surface area contributed by atoms with Gasteiger partial charge in [0.1, 0.15) is 16.9 Å². The number of rotatable bonds is 8. The number of anilines is 1. The molecule has 4 aromatic rings. The van der Waals surface area contributed by atoms with Crippen LogP contribution in [0.15, 0.2) is 63.9 Å². The highest BCUT2D eigenvalue weighted by Gasteiger charge is 2.24. The number of benzene rings is 3. The number of hydrogen-bond acceptors (Lipinski definition) is 5. The third-order valence-corrected chi connectivity index (χ3v) is 7.01. The third-order valence-electron chi connectivity index (χ3n) is 5.63. The number of sulfonamides is 1. The van der Waals surface area contributed by atoms with Gasteiger partial charge in [-0.3, -0.25) is 4.72 Å². The van der Waals surface area contributed by atoms with Crippen LogP contribution >= 0.6 is 0 Å². The van der Waals surface area contributed by atoms with E-state index in [1.807, 2.05) is 31.2 Å². The average molecular weight is 466 g/mol. The number of fused-ring (bicyclic) bond motifs is 3. The summed E-state index contributed by atoms with van der Waals surface area (Å²) in [5, 5.41) is 1.91. The summed E-state index contributed by atoms with van der Waals surface area (Å²) in [5.41, 5.74) is 2.20. The first-order chi connectivity index (χ1) is 15.8. The molecule has 0 saturated heterocycles. The monoisotopic (exact) mass is 465 g/mol. The van der Waals surface area contributed by atoms with Crippen molar-refractivity contribution in [1.29, 1.82) is 0 Å². The van der Waals surface area contributed by atoms with Crippen molar-refractivity contribution in [2.24, 2.45) is 0 Å². The summed E-state index contributed by atoms with van der Waals surface area (Å²) in [6, 6.07) is 15.6. The highest BCUT2D eigenvalue weighted by atomic mass is 32.2. The van der Waals surface area contributed by atoms with Crippen LogP contribution in [0.2, 0.25) is 0 Å². The molecule has 0 unspecified atom stereocenters. The summed E-state index contributed by atoms with van der Waals surface area (Å²) < 4.78 is 40.3. The van der Waals surface area contributed by atoms with Gasteiger partial charge in [-0.2, -0.15) is 0 Å². The average Bonchev–Trinajstić information content (AvgIpc) is 3.13. The normalized spacial score (nSPS) is 11.7. The molecule has 0 atom stereocenters. The van der Waals surface area contributed by atoms with E-state index in [9.17, 15) is 13.2 Å². The standard InChI is InChI=1S/C26H27NO5S/c1-4-5-8-15-31-26(28)24-18(3)32-25-21-10-7-6-9-20(21)23(16-22(24)25)27-33(29,30)19-13-11-17(2)12-14-19/h6-7,9-14,16,27H,4-5,8,15H2,1-3H3. The van der Waals surface area contributed by atoms with Crippen LogP contribution in [0.4, 0.5) is 5.69 Å². The number of hydrogen-bond donors (Lipinski definition) is 1. The van der Waals surface area contributed by atoms with Crippen LogP contribution in [0.5, 0.6) is 0 Å². The van der Waals surface area contributed by atoms with E-state index in [0.717, 1.165) is 24.8 Å². The predicted octanol–water partition coefficient (Wildman–Crippen LogP) is 6.35. The Morgan fingerprint density at radius 2 is 1.67 bits per heavy atom. The SMILES string of the molecule is CCCCCOC(=O)c1c(C)oc2c1cc(NS(=O)(=O)c1ccc(C)cc1)c1ccccc12. The molecule has 6 nitrogen and oxygen atoms in total. The van der Waals surface area contributed by atoms with Gasteiger partial charge in [0, 0.05) is 16.2 Å². The smallest absolute Gasteiger partial charge is 0.342 e. The van der Waals surface area contributed by atoms with Crippen LogP contribution < -0.4 is 4.72 Å². The lowest BCUT2D eigenvalue weighted by atomic mass is 10.0. The maximum atomic E-state index is 13.1. The minimum atomic E-state index is -3.83. The molecule has 33 heavy (non-hydrogen) atoms. The molecule has 0 spiro atoms. The Hall–Kier alpha value is -3.32. The molecule has 0 aliphatic carbocycles. The summed E-state index contributed by atoms with van der Waals surface area (Å²) in [6.07, 6.45) is 2.80. The lowest BCUT2D eigenvalue weighted by Gasteiger charge is -2.12. The predicted molar refractivity (Wildman–Crippen MR) is 130 cm³/mol. The molecular formula is C26H27NO5S. The van der Waals surface area contributed by atoms with Crippen LogP contribution in [0.3, 0.4) is 0 Å². The fourth-order valence-corrected chi connectivity index (χ4v) is 4.96. The maximum absolute atomic E-state index is 13.1. The van der Waals surface area contributed by atoms with Gasteiger partial charge < -0.3 is 9.15 Å². The van der Waals surface area contributed by atoms with Crippen molar-refractivity contribution in [1.82, 2.24) is 0 Å². The van der Waals surface area contributed by atoms with E-state index in [2.05, 4.69) is 11.6 Å². The second-order valence-corrected chi connectivity index (χ2v) is 9.82. The Kier molecular flexibility index (Phi) is 6.42. The lowest BCUT2D eigenvalue weighted by molar-refractivity contribution is 0.0498. The van der Waals surface area contributed by atoms with Crippen molar-refractivity contribution in [3.05, 3.63) is 71.5 Å². The van der Waals surface area contributed by atoms with Gasteiger partial charge in [-0.05, 0) is 38.5 Å². The second kappa shape index (κ2) is 9.27. The minimum absolute atomic E-state index is 0.163. The van der Waals surface area contributed by atoms with Crippen molar-refractivity contribution in [3.63, 3.8) is 0 Å². The molecule has 0 aliphatic rings. The van der Waals surface area contributed by atoms with Crippen molar-refractivity contribution in [2.45, 2.75) is 44.9 Å². The number of aryl methyl sites for hydroxylation is 2. The first-order valence-corrected chi connectivity index (χ1v) is 12.5. The van der Waals surface area contributed by atoms with Gasteiger partial charge in [0.15, 0.2) is 0 Å². The summed E-state index contributed by atoms with van der Waals surface area (Å²) in [5.74, 6) is -0.0286. The highest BCUT2D eigenvalue weighted by molar-refractivity contribution is 7.92. The molecule has 7 heteroatoms. The number of carbonyl (C=O) groups excluding carboxylic acids is 1. The molecule has 1 aromatic heterocycles. The fourth-order valence-electron chi connectivity index (χ4n) is 3.89. The largest absolute Gasteiger partial charge is 0.462 e. The second-order valence-electron chi connectivity index (χ2n) is 8.14. The van der Waals surface area contributed by atoms with E-state index in [0.29, 0.717) is 45.4 Å². The first-order valence-electron chi connectivity index (χ1n) is 11.0. The van der Waals surface area contributed by atoms with Crippen LogP contribution in [0.25, 0.3) is 21.7 Å². The van der Waals surface area contributed by atoms with Gasteiger partial charge in [0.05, 0.1) is 17.2 Å². The zero-order valence-corrected chi connectivity index (χ0v) is 19.8. The summed E-state index contributed by atoms with van der Waals surface area (Å²) in [7, 11) is -3.83. The third kappa shape index (κ3) is 4.59. The molecule has 1 N–H and O–H groups in total. The quantitative estimate of drug-likeness (QED) is 0.242. The minimum Gasteiger partial charge on any atom is -0.462 e. The molecule has 4 rings (SSSR count). The van der Waals surface area contributed by atoms with E-state index in [4.69, 9.17) is 9.15 Å². The number of unbranched alkanes of at least 4 members (excludes halogenated alkanes) is 2. The molecule has 0 aliphatic heterocycles. The summed E-state index contributed by atoms with van der Waals surface area (Å²) in [6.45, 7) is 6.03. The number of nitrogens with one attached hydrogen (secondary N) is 1. The summed E-state index contributed by atoms with van der Waals surface area (Å²) >= 11 is 0. The van der Waals surface area contributed by atoms with Crippen molar-refractivity contribution in [3.8, 4) is 0 Å². The van der Waals surface area contributed by atoms with Crippen molar-refractivity contribution in [2.75, 3.05) is 11.3 Å². The molecule has 1 heterocycles. The van der Waals surface area contributed by atoms with Gasteiger partial charge in [0.2, 0.25) is 0 Å². The fraction of sp³-hybridized carbons (Fsp3) is 0.269. The molecule has 0 fully saturated rings. The Morgan fingerprint density at radius 1 is 0.970 bits per heavy atom. The molecule has 0 radical (unpaired) electrons. The van der Waals surface area contributed by atoms with Gasteiger partial charge in [-0.1, -0.05) is 61.7 Å². The molecule has 0 bridgehead atoms. The van der Waals surface area contributed by atoms with Crippen LogP contribution in [0, 0.1) is 13.8 Å². The van der Waals surface area contributed by atoms with Gasteiger partial charge in [-0.15, -0.1) is 0 Å². The van der Waals surface area contributed by atoms with Crippen LogP contribution in [-0.2, 0) is 14.8 Å². The van der Waals surface area contributed by atoms with Gasteiger partial charge in [-0.25, -0.2) is 13.2 Å². The number of esters is 1. The highest BCUT2D eigenvalue weighted by Crippen LogP contribution is 2.37. The number of furan rings is 1. The van der Waals surface area contributed by atoms with E-state index in [1.54, 1.807) is 37.3 Å². The van der Waals surface area contributed by atoms with Crippen LogP contribution in [-0.4, -0.2) is 21.0 Å². The van der Waals surface area contributed by atoms with E-state index in [1.165, 1.54) is 0 Å². The first kappa shape index (κ1) is 22.9.